The summed E-state index contributed by atoms with van der Waals surface area (Å²) in [7, 11) is -2.10. The molecule has 3 aliphatic rings. The molecule has 1 heterocycles. The van der Waals surface area contributed by atoms with Gasteiger partial charge >= 0.3 is 5.97 Å². The van der Waals surface area contributed by atoms with Crippen LogP contribution >= 0.6 is 0 Å². The van der Waals surface area contributed by atoms with Crippen LogP contribution in [-0.2, 0) is 23.4 Å². The van der Waals surface area contributed by atoms with E-state index in [0.717, 1.165) is 0 Å². The van der Waals surface area contributed by atoms with Gasteiger partial charge in [0.1, 0.15) is 6.10 Å². The molecular weight excluding hydrogens is 364 g/mol. The Hall–Kier alpha value is -0.733. The number of carbonyl (C=O) groups excluding carboxylic acids is 1. The predicted molar refractivity (Wildman–Crippen MR) is 104 cm³/mol. The van der Waals surface area contributed by atoms with Crippen molar-refractivity contribution in [1.82, 2.24) is 0 Å². The summed E-state index contributed by atoms with van der Waals surface area (Å²) in [5.41, 5.74) is 0.554. The van der Waals surface area contributed by atoms with Gasteiger partial charge in [0.15, 0.2) is 14.1 Å². The van der Waals surface area contributed by atoms with Crippen LogP contribution < -0.4 is 0 Å². The van der Waals surface area contributed by atoms with E-state index >= 15 is 0 Å². The molecular formula is C20H34O6Si. The summed E-state index contributed by atoms with van der Waals surface area (Å²) in [5, 5.41) is 11.1. The first-order valence-electron chi connectivity index (χ1n) is 9.89. The summed E-state index contributed by atoms with van der Waals surface area (Å²) < 4.78 is 23.9. The van der Waals surface area contributed by atoms with Crippen molar-refractivity contribution in [2.45, 2.75) is 89.9 Å². The molecule has 0 aromatic heterocycles. The summed E-state index contributed by atoms with van der Waals surface area (Å²) in [4.78, 5) is 12.6. The summed E-state index contributed by atoms with van der Waals surface area (Å²) >= 11 is 0. The van der Waals surface area contributed by atoms with E-state index in [2.05, 4.69) is 33.9 Å². The first-order valence-corrected chi connectivity index (χ1v) is 12.8. The van der Waals surface area contributed by atoms with Gasteiger partial charge in [0, 0.05) is 17.4 Å². The summed E-state index contributed by atoms with van der Waals surface area (Å²) in [6.45, 7) is 16.6. The Morgan fingerprint density at radius 2 is 1.85 bits per heavy atom. The summed E-state index contributed by atoms with van der Waals surface area (Å²) in [6.07, 6.45) is -0.0599. The van der Waals surface area contributed by atoms with Gasteiger partial charge < -0.3 is 23.7 Å². The molecule has 6 nitrogen and oxygen atoms in total. The zero-order chi connectivity index (χ0) is 20.4. The number of aliphatic hydroxyl groups excluding tert-OH is 1. The molecule has 0 unspecified atom stereocenters. The van der Waals surface area contributed by atoms with Crippen molar-refractivity contribution >= 4 is 14.3 Å². The number of hydrogen-bond acceptors (Lipinski definition) is 6. The summed E-state index contributed by atoms with van der Waals surface area (Å²) in [6, 6.07) is 0. The molecule has 1 N–H and O–H groups in total. The van der Waals surface area contributed by atoms with Crippen LogP contribution in [0.25, 0.3) is 0 Å². The Balaban J connectivity index is 1.94. The van der Waals surface area contributed by atoms with Crippen LogP contribution in [0, 0.1) is 11.8 Å². The maximum absolute atomic E-state index is 12.6. The fourth-order valence-electron chi connectivity index (χ4n) is 4.24. The molecule has 0 bridgehead atoms. The van der Waals surface area contributed by atoms with Gasteiger partial charge in [-0.25, -0.2) is 4.79 Å². The minimum atomic E-state index is -2.10. The van der Waals surface area contributed by atoms with Crippen molar-refractivity contribution < 1.29 is 28.5 Å². The van der Waals surface area contributed by atoms with Crippen molar-refractivity contribution in [2.24, 2.45) is 11.8 Å². The molecule has 2 fully saturated rings. The first-order chi connectivity index (χ1) is 12.3. The lowest BCUT2D eigenvalue weighted by Gasteiger charge is -2.40. The molecule has 2 aliphatic carbocycles. The third-order valence-corrected chi connectivity index (χ3v) is 11.0. The third kappa shape index (κ3) is 3.53. The molecule has 3 rings (SSSR count). The van der Waals surface area contributed by atoms with Crippen LogP contribution in [0.4, 0.5) is 0 Å². The molecule has 154 valence electrons. The van der Waals surface area contributed by atoms with Crippen molar-refractivity contribution in [3.8, 4) is 0 Å². The second-order valence-electron chi connectivity index (χ2n) is 9.84. The molecule has 6 atom stereocenters. The van der Waals surface area contributed by atoms with Gasteiger partial charge in [-0.1, -0.05) is 20.8 Å². The van der Waals surface area contributed by atoms with Crippen molar-refractivity contribution in [3.05, 3.63) is 11.6 Å². The number of hydrogen-bond donors (Lipinski definition) is 1. The first kappa shape index (κ1) is 21.0. The van der Waals surface area contributed by atoms with Crippen LogP contribution in [0.3, 0.4) is 0 Å². The number of rotatable bonds is 4. The maximum Gasteiger partial charge on any atom is 0.334 e. The van der Waals surface area contributed by atoms with Crippen LogP contribution in [0.15, 0.2) is 11.6 Å². The predicted octanol–water partition coefficient (Wildman–Crippen LogP) is 3.01. The van der Waals surface area contributed by atoms with Gasteiger partial charge in [0.2, 0.25) is 0 Å². The lowest BCUT2D eigenvalue weighted by atomic mass is 9.91. The molecule has 1 saturated heterocycles. The molecule has 27 heavy (non-hydrogen) atoms. The van der Waals surface area contributed by atoms with E-state index in [9.17, 15) is 9.90 Å². The van der Waals surface area contributed by atoms with Gasteiger partial charge in [0.05, 0.1) is 24.9 Å². The second-order valence-corrected chi connectivity index (χ2v) is 14.6. The molecule has 0 aromatic rings. The van der Waals surface area contributed by atoms with Gasteiger partial charge in [-0.2, -0.15) is 0 Å². The molecule has 0 radical (unpaired) electrons. The molecule has 1 aliphatic heterocycles. The van der Waals surface area contributed by atoms with Crippen LogP contribution in [0.5, 0.6) is 0 Å². The number of carbonyl (C=O) groups is 1. The minimum Gasteiger partial charge on any atom is -0.463 e. The lowest BCUT2D eigenvalue weighted by molar-refractivity contribution is -0.175. The van der Waals surface area contributed by atoms with Crippen LogP contribution in [0.2, 0.25) is 18.1 Å². The van der Waals surface area contributed by atoms with Gasteiger partial charge in [-0.15, -0.1) is 0 Å². The quantitative estimate of drug-likeness (QED) is 0.580. The Bertz CT molecular complexity index is 635. The summed E-state index contributed by atoms with van der Waals surface area (Å²) in [5.74, 6) is -1.67. The second kappa shape index (κ2) is 6.66. The van der Waals surface area contributed by atoms with Gasteiger partial charge in [-0.05, 0) is 45.0 Å². The van der Waals surface area contributed by atoms with E-state index in [1.165, 1.54) is 0 Å². The monoisotopic (exact) mass is 398 g/mol. The minimum absolute atomic E-state index is 0.0252. The Morgan fingerprint density at radius 1 is 1.26 bits per heavy atom. The highest BCUT2D eigenvalue weighted by Gasteiger charge is 2.64. The topological polar surface area (TPSA) is 74.2 Å². The number of ether oxygens (including phenoxy) is 3. The maximum atomic E-state index is 12.6. The molecule has 7 heteroatoms. The van der Waals surface area contributed by atoms with Crippen LogP contribution in [0.1, 0.15) is 41.5 Å². The normalized spacial score (nSPS) is 37.7. The highest BCUT2D eigenvalue weighted by molar-refractivity contribution is 6.74. The number of aliphatic hydroxyl groups is 1. The zero-order valence-corrected chi connectivity index (χ0v) is 18.7. The Morgan fingerprint density at radius 3 is 2.41 bits per heavy atom. The lowest BCUT2D eigenvalue weighted by Crippen LogP contribution is -2.47. The Labute approximate surface area is 163 Å². The molecule has 1 saturated carbocycles. The van der Waals surface area contributed by atoms with E-state index in [-0.39, 0.29) is 35.1 Å². The van der Waals surface area contributed by atoms with Gasteiger partial charge in [0.25, 0.3) is 0 Å². The van der Waals surface area contributed by atoms with E-state index in [1.54, 1.807) is 6.92 Å². The van der Waals surface area contributed by atoms with Crippen molar-refractivity contribution in [3.63, 3.8) is 0 Å². The number of fused-ring (bicyclic) bond motifs is 3. The number of esters is 1. The van der Waals surface area contributed by atoms with E-state index in [4.69, 9.17) is 18.6 Å². The smallest absolute Gasteiger partial charge is 0.334 e. The zero-order valence-electron chi connectivity index (χ0n) is 17.7. The molecule has 0 aromatic carbocycles. The highest BCUT2D eigenvalue weighted by Crippen LogP contribution is 2.54. The average molecular weight is 399 g/mol. The molecule has 0 amide bonds. The van der Waals surface area contributed by atoms with Crippen molar-refractivity contribution in [2.75, 3.05) is 6.61 Å². The molecule has 0 spiro atoms. The van der Waals surface area contributed by atoms with E-state index in [1.807, 2.05) is 19.9 Å². The SMILES string of the molecule is CCOC(=O)C1=C[C@H](O[Si](C)(C)C(C)(C)C)[C@@H]2[C@@H](O)[C@H]3OC(C)(C)O[C@H]3[C@H]12. The third-order valence-electron chi connectivity index (χ3n) is 6.49. The largest absolute Gasteiger partial charge is 0.463 e. The fourth-order valence-corrected chi connectivity index (χ4v) is 5.50. The fraction of sp³-hybridized carbons (Fsp3) is 0.850. The van der Waals surface area contributed by atoms with E-state index in [0.29, 0.717) is 12.2 Å². The Kier molecular flexibility index (Phi) is 5.18. The van der Waals surface area contributed by atoms with Crippen molar-refractivity contribution in [1.29, 1.82) is 0 Å². The highest BCUT2D eigenvalue weighted by atomic mass is 28.4. The standard InChI is InChI=1S/C20H34O6Si/c1-9-23-18(22)11-10-12(26-27(7,8)19(2,3)4)14-13(11)16-17(15(14)21)25-20(5,6)24-16/h10,12-17,21H,9H2,1-8H3/t12-,13+,14-,15+,16-,17+/m0/s1. The average Bonchev–Trinajstić information content (AvgIpc) is 3.09. The van der Waals surface area contributed by atoms with Crippen LogP contribution in [-0.4, -0.2) is 56.2 Å². The van der Waals surface area contributed by atoms with E-state index < -0.39 is 26.3 Å². The van der Waals surface area contributed by atoms with Gasteiger partial charge in [-0.3, -0.25) is 0 Å².